The van der Waals surface area contributed by atoms with E-state index in [1.54, 1.807) is 0 Å². The molecule has 0 saturated carbocycles. The predicted octanol–water partition coefficient (Wildman–Crippen LogP) is 0.744. The van der Waals surface area contributed by atoms with Gasteiger partial charge in [0.05, 0.1) is 6.73 Å². The number of hydrogen-bond donors (Lipinski definition) is 1. The number of hydrogen-bond acceptors (Lipinski definition) is 3. The second-order valence-corrected chi connectivity index (χ2v) is 3.98. The molecular weight excluding hydrogens is 164 g/mol. The van der Waals surface area contributed by atoms with E-state index in [-0.39, 0.29) is 6.73 Å². The van der Waals surface area contributed by atoms with Crippen LogP contribution in [0.3, 0.4) is 0 Å². The van der Waals surface area contributed by atoms with Crippen molar-refractivity contribution in [2.24, 2.45) is 0 Å². The number of likely N-dealkylation sites (tertiary alicyclic amines) is 1. The maximum atomic E-state index is 8.78. The first-order valence-electron chi connectivity index (χ1n) is 5.34. The topological polar surface area (TPSA) is 26.7 Å². The Labute approximate surface area is 81.3 Å². The third-order valence-corrected chi connectivity index (χ3v) is 2.70. The number of aliphatic hydroxyl groups is 1. The van der Waals surface area contributed by atoms with Gasteiger partial charge in [0.1, 0.15) is 0 Å². The van der Waals surface area contributed by atoms with Gasteiger partial charge in [-0.2, -0.15) is 0 Å². The molecule has 3 nitrogen and oxygen atoms in total. The number of piperidine rings is 1. The van der Waals surface area contributed by atoms with Gasteiger partial charge in [0.2, 0.25) is 0 Å². The lowest BCUT2D eigenvalue weighted by Crippen LogP contribution is -2.32. The Bertz CT molecular complexity index is 124. The molecule has 78 valence electrons. The fraction of sp³-hybridized carbons (Fsp3) is 1.00. The van der Waals surface area contributed by atoms with Crippen LogP contribution in [-0.4, -0.2) is 54.9 Å². The molecule has 0 aliphatic carbocycles. The minimum atomic E-state index is 0.181. The summed E-state index contributed by atoms with van der Waals surface area (Å²) < 4.78 is 0. The first-order valence-corrected chi connectivity index (χ1v) is 5.34. The maximum Gasteiger partial charge on any atom is 0.0954 e. The molecule has 0 aromatic carbocycles. The van der Waals surface area contributed by atoms with Gasteiger partial charge in [0.15, 0.2) is 0 Å². The van der Waals surface area contributed by atoms with Gasteiger partial charge in [-0.3, -0.25) is 4.90 Å². The minimum Gasteiger partial charge on any atom is -0.381 e. The van der Waals surface area contributed by atoms with Crippen molar-refractivity contribution >= 4 is 0 Å². The summed E-state index contributed by atoms with van der Waals surface area (Å²) in [6.07, 6.45) is 5.33. The molecule has 13 heavy (non-hydrogen) atoms. The molecule has 0 amide bonds. The van der Waals surface area contributed by atoms with E-state index in [9.17, 15) is 0 Å². The highest BCUT2D eigenvalue weighted by molar-refractivity contribution is 4.64. The molecule has 0 bridgehead atoms. The van der Waals surface area contributed by atoms with Gasteiger partial charge < -0.3 is 10.0 Å². The third kappa shape index (κ3) is 4.60. The van der Waals surface area contributed by atoms with Gasteiger partial charge >= 0.3 is 0 Å². The van der Waals surface area contributed by atoms with Crippen LogP contribution in [0.4, 0.5) is 0 Å². The molecule has 1 aliphatic rings. The second kappa shape index (κ2) is 6.35. The molecule has 1 N–H and O–H groups in total. The summed E-state index contributed by atoms with van der Waals surface area (Å²) in [5.41, 5.74) is 0. The van der Waals surface area contributed by atoms with E-state index in [2.05, 4.69) is 4.90 Å². The van der Waals surface area contributed by atoms with E-state index in [4.69, 9.17) is 5.11 Å². The zero-order valence-electron chi connectivity index (χ0n) is 8.71. The Morgan fingerprint density at radius 1 is 1.23 bits per heavy atom. The van der Waals surface area contributed by atoms with Crippen molar-refractivity contribution in [1.29, 1.82) is 0 Å². The van der Waals surface area contributed by atoms with Crippen molar-refractivity contribution in [3.05, 3.63) is 0 Å². The number of rotatable bonds is 5. The van der Waals surface area contributed by atoms with Gasteiger partial charge in [-0.1, -0.05) is 6.42 Å². The number of aliphatic hydroxyl groups excluding tert-OH is 1. The molecule has 0 aromatic heterocycles. The summed E-state index contributed by atoms with van der Waals surface area (Å²) in [5.74, 6) is 0. The largest absolute Gasteiger partial charge is 0.381 e. The van der Waals surface area contributed by atoms with Crippen LogP contribution in [0.25, 0.3) is 0 Å². The lowest BCUT2D eigenvalue weighted by molar-refractivity contribution is 0.124. The van der Waals surface area contributed by atoms with Crippen LogP contribution in [-0.2, 0) is 0 Å². The highest BCUT2D eigenvalue weighted by Crippen LogP contribution is 2.08. The van der Waals surface area contributed by atoms with Crippen molar-refractivity contribution in [3.8, 4) is 0 Å². The third-order valence-electron chi connectivity index (χ3n) is 2.70. The van der Waals surface area contributed by atoms with Crippen LogP contribution in [0.1, 0.15) is 25.7 Å². The standard InChI is InChI=1S/C10H22N2O/c1-11(10-13)6-5-9-12-7-3-2-4-8-12/h13H,2-10H2,1H3. The molecule has 1 saturated heterocycles. The van der Waals surface area contributed by atoms with Crippen molar-refractivity contribution in [2.75, 3.05) is 40.0 Å². The van der Waals surface area contributed by atoms with Crippen molar-refractivity contribution < 1.29 is 5.11 Å². The van der Waals surface area contributed by atoms with Crippen molar-refractivity contribution in [3.63, 3.8) is 0 Å². The van der Waals surface area contributed by atoms with Gasteiger partial charge in [-0.25, -0.2) is 0 Å². The fourth-order valence-electron chi connectivity index (χ4n) is 1.82. The van der Waals surface area contributed by atoms with E-state index in [1.165, 1.54) is 45.3 Å². The summed E-state index contributed by atoms with van der Waals surface area (Å²) in [5, 5.41) is 8.78. The molecule has 0 atom stereocenters. The van der Waals surface area contributed by atoms with E-state index < -0.39 is 0 Å². The average Bonchev–Trinajstić information content (AvgIpc) is 2.19. The van der Waals surface area contributed by atoms with Gasteiger partial charge in [-0.05, 0) is 45.9 Å². The molecule has 1 rings (SSSR count). The summed E-state index contributed by atoms with van der Waals surface area (Å²) in [6, 6.07) is 0. The van der Waals surface area contributed by atoms with Crippen LogP contribution in [0, 0.1) is 0 Å². The summed E-state index contributed by atoms with van der Waals surface area (Å²) in [7, 11) is 1.95. The normalized spacial score (nSPS) is 19.6. The van der Waals surface area contributed by atoms with Crippen LogP contribution >= 0.6 is 0 Å². The SMILES string of the molecule is CN(CO)CCCN1CCCCC1. The first kappa shape index (κ1) is 11.0. The lowest BCUT2D eigenvalue weighted by Gasteiger charge is -2.26. The molecule has 3 heteroatoms. The smallest absolute Gasteiger partial charge is 0.0954 e. The first-order chi connectivity index (χ1) is 6.33. The van der Waals surface area contributed by atoms with E-state index in [1.807, 2.05) is 11.9 Å². The Hall–Kier alpha value is -0.120. The summed E-state index contributed by atoms with van der Waals surface area (Å²) in [6.45, 7) is 4.95. The molecule has 1 aliphatic heterocycles. The maximum absolute atomic E-state index is 8.78. The zero-order valence-corrected chi connectivity index (χ0v) is 8.71. The molecule has 1 fully saturated rings. The minimum absolute atomic E-state index is 0.181. The monoisotopic (exact) mass is 186 g/mol. The average molecular weight is 186 g/mol. The highest BCUT2D eigenvalue weighted by atomic mass is 16.3. The Morgan fingerprint density at radius 2 is 1.92 bits per heavy atom. The molecule has 1 heterocycles. The van der Waals surface area contributed by atoms with E-state index in [0.29, 0.717) is 0 Å². The van der Waals surface area contributed by atoms with Gasteiger partial charge in [0, 0.05) is 6.54 Å². The van der Waals surface area contributed by atoms with Crippen molar-refractivity contribution in [2.45, 2.75) is 25.7 Å². The molecule has 0 aromatic rings. The van der Waals surface area contributed by atoms with Crippen LogP contribution in [0.5, 0.6) is 0 Å². The van der Waals surface area contributed by atoms with Crippen LogP contribution < -0.4 is 0 Å². The van der Waals surface area contributed by atoms with Crippen molar-refractivity contribution in [1.82, 2.24) is 9.80 Å². The van der Waals surface area contributed by atoms with Gasteiger partial charge in [-0.15, -0.1) is 0 Å². The van der Waals surface area contributed by atoms with Crippen LogP contribution in [0.2, 0.25) is 0 Å². The van der Waals surface area contributed by atoms with Gasteiger partial charge in [0.25, 0.3) is 0 Å². The molecule has 0 radical (unpaired) electrons. The summed E-state index contributed by atoms with van der Waals surface area (Å²) >= 11 is 0. The molecule has 0 spiro atoms. The Balaban J connectivity index is 1.98. The van der Waals surface area contributed by atoms with Crippen LogP contribution in [0.15, 0.2) is 0 Å². The fourth-order valence-corrected chi connectivity index (χ4v) is 1.82. The van der Waals surface area contributed by atoms with E-state index >= 15 is 0 Å². The zero-order chi connectivity index (χ0) is 9.52. The Morgan fingerprint density at radius 3 is 2.54 bits per heavy atom. The molecule has 0 unspecified atom stereocenters. The predicted molar refractivity (Wildman–Crippen MR) is 54.6 cm³/mol. The highest BCUT2D eigenvalue weighted by Gasteiger charge is 2.09. The quantitative estimate of drug-likeness (QED) is 0.642. The lowest BCUT2D eigenvalue weighted by atomic mass is 10.1. The summed E-state index contributed by atoms with van der Waals surface area (Å²) in [4.78, 5) is 4.48. The Kier molecular flexibility index (Phi) is 5.35. The van der Waals surface area contributed by atoms with E-state index in [0.717, 1.165) is 6.54 Å². The second-order valence-electron chi connectivity index (χ2n) is 3.98. The number of nitrogens with zero attached hydrogens (tertiary/aromatic N) is 2. The molecular formula is C10H22N2O.